The van der Waals surface area contributed by atoms with Crippen LogP contribution in [-0.4, -0.2) is 57.6 Å². The lowest BCUT2D eigenvalue weighted by Crippen LogP contribution is -2.44. The highest BCUT2D eigenvalue weighted by Crippen LogP contribution is 2.36. The van der Waals surface area contributed by atoms with Crippen molar-refractivity contribution in [3.05, 3.63) is 0 Å². The molecule has 3 atom stereocenters. The van der Waals surface area contributed by atoms with E-state index in [1.807, 2.05) is 13.8 Å². The maximum atomic E-state index is 10.9. The van der Waals surface area contributed by atoms with Gasteiger partial charge in [0, 0.05) is 19.3 Å². The second-order valence-corrected chi connectivity index (χ2v) is 7.33. The van der Waals surface area contributed by atoms with Gasteiger partial charge >= 0.3 is 0 Å². The number of ether oxygens (including phenoxy) is 3. The summed E-state index contributed by atoms with van der Waals surface area (Å²) in [4.78, 5) is 10.9. The third kappa shape index (κ3) is 7.58. The van der Waals surface area contributed by atoms with Gasteiger partial charge in [0.15, 0.2) is 16.7 Å². The van der Waals surface area contributed by atoms with Crippen molar-refractivity contribution in [2.24, 2.45) is 0 Å². The first-order valence-corrected chi connectivity index (χ1v) is 8.02. The fraction of sp³-hybridized carbons (Fsp3) is 0.929. The van der Waals surface area contributed by atoms with Crippen LogP contribution in [0.5, 0.6) is 0 Å². The molecule has 0 radical (unpaired) electrons. The second-order valence-electron chi connectivity index (χ2n) is 6.13. The Hall–Kier alpha value is -0.180. The first kappa shape index (κ1) is 18.9. The van der Waals surface area contributed by atoms with Crippen molar-refractivity contribution < 1.29 is 29.2 Å². The minimum absolute atomic E-state index is 0.0319. The van der Waals surface area contributed by atoms with Crippen molar-refractivity contribution in [2.45, 2.75) is 70.9 Å². The highest BCUT2D eigenvalue weighted by Gasteiger charge is 2.47. The molecule has 0 aliphatic carbocycles. The molecule has 2 fully saturated rings. The molecule has 0 saturated carbocycles. The maximum Gasteiger partial charge on any atom is 0.185 e. The number of aliphatic hydroxyl groups is 2. The summed E-state index contributed by atoms with van der Waals surface area (Å²) in [6, 6.07) is 0. The Bertz CT molecular complexity index is 346. The Morgan fingerprint density at radius 3 is 2.43 bits per heavy atom. The number of hydrogen-bond acceptors (Lipinski definition) is 7. The molecular formula is C14H26O6S. The highest BCUT2D eigenvalue weighted by atomic mass is 32.2. The van der Waals surface area contributed by atoms with E-state index < -0.39 is 11.6 Å². The molecule has 2 heterocycles. The molecule has 2 unspecified atom stereocenters. The summed E-state index contributed by atoms with van der Waals surface area (Å²) in [5.74, 6) is -1.38. The summed E-state index contributed by atoms with van der Waals surface area (Å²) in [5.41, 5.74) is 0. The van der Waals surface area contributed by atoms with Crippen LogP contribution in [0.4, 0.5) is 0 Å². The summed E-state index contributed by atoms with van der Waals surface area (Å²) < 4.78 is 17.3. The second kappa shape index (κ2) is 7.39. The molecule has 6 nitrogen and oxygen atoms in total. The zero-order valence-corrected chi connectivity index (χ0v) is 14.1. The van der Waals surface area contributed by atoms with E-state index in [1.165, 1.54) is 25.6 Å². The lowest BCUT2D eigenvalue weighted by Gasteiger charge is -2.30. The van der Waals surface area contributed by atoms with E-state index >= 15 is 0 Å². The fourth-order valence-electron chi connectivity index (χ4n) is 2.17. The Morgan fingerprint density at radius 2 is 1.90 bits per heavy atom. The molecule has 7 heteroatoms. The first-order chi connectivity index (χ1) is 9.48. The number of carbonyl (C=O) groups excluding carboxylic acids is 1. The van der Waals surface area contributed by atoms with E-state index in [0.717, 1.165) is 6.42 Å². The number of carbonyl (C=O) groups is 1. The quantitative estimate of drug-likeness (QED) is 0.741. The normalized spacial score (nSPS) is 31.1. The van der Waals surface area contributed by atoms with Crippen LogP contribution in [0, 0.1) is 0 Å². The van der Waals surface area contributed by atoms with E-state index in [-0.39, 0.29) is 23.4 Å². The minimum atomic E-state index is -1.50. The highest BCUT2D eigenvalue weighted by molar-refractivity contribution is 8.13. The number of hydrogen-bond donors (Lipinski definition) is 2. The number of fused-ring (bicyclic) bond motifs is 1. The summed E-state index contributed by atoms with van der Waals surface area (Å²) in [5, 5.41) is 16.3. The van der Waals surface area contributed by atoms with Gasteiger partial charge in [0.25, 0.3) is 0 Å². The van der Waals surface area contributed by atoms with Crippen LogP contribution in [0.15, 0.2) is 0 Å². The third-order valence-electron chi connectivity index (χ3n) is 2.77. The molecule has 21 heavy (non-hydrogen) atoms. The van der Waals surface area contributed by atoms with Crippen LogP contribution in [0.2, 0.25) is 0 Å². The molecule has 0 aromatic heterocycles. The van der Waals surface area contributed by atoms with Gasteiger partial charge in [-0.15, -0.1) is 0 Å². The van der Waals surface area contributed by atoms with Crippen molar-refractivity contribution in [1.29, 1.82) is 0 Å². The zero-order valence-electron chi connectivity index (χ0n) is 13.3. The van der Waals surface area contributed by atoms with E-state index in [2.05, 4.69) is 0 Å². The van der Waals surface area contributed by atoms with Crippen LogP contribution < -0.4 is 0 Å². The predicted octanol–water partition coefficient (Wildman–Crippen LogP) is 1.28. The van der Waals surface area contributed by atoms with Crippen LogP contribution in [0.3, 0.4) is 0 Å². The fourth-order valence-corrected chi connectivity index (χ4v) is 2.86. The third-order valence-corrected chi connectivity index (χ3v) is 3.67. The van der Waals surface area contributed by atoms with E-state index in [4.69, 9.17) is 24.4 Å². The summed E-state index contributed by atoms with van der Waals surface area (Å²) in [6.45, 7) is 8.69. The molecule has 2 aliphatic rings. The smallest absolute Gasteiger partial charge is 0.185 e. The van der Waals surface area contributed by atoms with E-state index in [9.17, 15) is 4.79 Å². The van der Waals surface area contributed by atoms with E-state index in [0.29, 0.717) is 12.4 Å². The average molecular weight is 322 g/mol. The van der Waals surface area contributed by atoms with Gasteiger partial charge in [-0.1, -0.05) is 11.8 Å². The summed E-state index contributed by atoms with van der Waals surface area (Å²) in [7, 11) is 0. The molecule has 2 N–H and O–H groups in total. The van der Waals surface area contributed by atoms with Gasteiger partial charge in [0.1, 0.15) is 6.10 Å². The van der Waals surface area contributed by atoms with Crippen molar-refractivity contribution in [1.82, 2.24) is 0 Å². The van der Waals surface area contributed by atoms with Gasteiger partial charge in [-0.05, 0) is 34.1 Å². The maximum absolute atomic E-state index is 10.9. The standard InChI is InChI=1S/C11H18O4S.C3H8O2/c1-7(12)16-6-9-10-8(4-5-13-9)14-11(2,3)15-10;1-3(2,4)5/h8-10H,4-6H2,1-3H3;4-5H,1-2H3/t8?,9-,10?;/m1./s1. The molecule has 2 rings (SSSR count). The van der Waals surface area contributed by atoms with Crippen LogP contribution in [0.1, 0.15) is 41.0 Å². The van der Waals surface area contributed by atoms with Gasteiger partial charge in [-0.2, -0.15) is 0 Å². The Kier molecular flexibility index (Phi) is 6.64. The van der Waals surface area contributed by atoms with Crippen LogP contribution in [0.25, 0.3) is 0 Å². The van der Waals surface area contributed by atoms with Gasteiger partial charge in [-0.25, -0.2) is 0 Å². The number of thioether (sulfide) groups is 1. The SMILES string of the molecule is CC(=O)SC[C@H]1OCCC2OC(C)(C)OC21.CC(C)(O)O. The molecule has 0 amide bonds. The Morgan fingerprint density at radius 1 is 1.33 bits per heavy atom. The monoisotopic (exact) mass is 322 g/mol. The molecule has 0 aromatic rings. The lowest BCUT2D eigenvalue weighted by molar-refractivity contribution is -0.151. The number of rotatable bonds is 2. The minimum Gasteiger partial charge on any atom is -0.374 e. The van der Waals surface area contributed by atoms with Gasteiger partial charge < -0.3 is 24.4 Å². The lowest BCUT2D eigenvalue weighted by atomic mass is 10.0. The Labute approximate surface area is 130 Å². The molecule has 124 valence electrons. The predicted molar refractivity (Wildman–Crippen MR) is 79.8 cm³/mol. The van der Waals surface area contributed by atoms with Crippen molar-refractivity contribution in [2.75, 3.05) is 12.4 Å². The molecular weight excluding hydrogens is 296 g/mol. The average Bonchev–Trinajstić information content (AvgIpc) is 2.58. The zero-order chi connectivity index (χ0) is 16.3. The van der Waals surface area contributed by atoms with Gasteiger partial charge in [0.2, 0.25) is 0 Å². The molecule has 0 spiro atoms. The van der Waals surface area contributed by atoms with Crippen molar-refractivity contribution >= 4 is 16.9 Å². The molecule has 0 bridgehead atoms. The molecule has 2 saturated heterocycles. The molecule has 2 aliphatic heterocycles. The van der Waals surface area contributed by atoms with E-state index in [1.54, 1.807) is 6.92 Å². The van der Waals surface area contributed by atoms with Crippen LogP contribution >= 0.6 is 11.8 Å². The van der Waals surface area contributed by atoms with Gasteiger partial charge in [0.05, 0.1) is 12.2 Å². The Balaban J connectivity index is 0.000000383. The largest absolute Gasteiger partial charge is 0.374 e. The van der Waals surface area contributed by atoms with Crippen molar-refractivity contribution in [3.63, 3.8) is 0 Å². The van der Waals surface area contributed by atoms with Crippen molar-refractivity contribution in [3.8, 4) is 0 Å². The van der Waals surface area contributed by atoms with Gasteiger partial charge in [-0.3, -0.25) is 4.79 Å². The topological polar surface area (TPSA) is 85.2 Å². The summed E-state index contributed by atoms with van der Waals surface area (Å²) in [6.07, 6.45) is 0.918. The van der Waals surface area contributed by atoms with Crippen LogP contribution in [-0.2, 0) is 19.0 Å². The summed E-state index contributed by atoms with van der Waals surface area (Å²) >= 11 is 1.29. The molecule has 0 aromatic carbocycles. The first-order valence-electron chi connectivity index (χ1n) is 7.03.